The summed E-state index contributed by atoms with van der Waals surface area (Å²) in [6, 6.07) is 7.76. The molecule has 0 radical (unpaired) electrons. The van der Waals surface area contributed by atoms with Crippen molar-refractivity contribution in [3.63, 3.8) is 0 Å². The van der Waals surface area contributed by atoms with Crippen molar-refractivity contribution in [3.05, 3.63) is 47.8 Å². The molecule has 1 amide bonds. The topological polar surface area (TPSA) is 67.3 Å². The minimum Gasteiger partial charge on any atom is -0.446 e. The summed E-state index contributed by atoms with van der Waals surface area (Å²) in [6.45, 7) is 5.64. The molecule has 2 aromatic rings. The summed E-state index contributed by atoms with van der Waals surface area (Å²) >= 11 is 0. The molecule has 0 unspecified atom stereocenters. The monoisotopic (exact) mass is 326 g/mol. The standard InChI is InChI=1S/C18H22N4O2/c1-13-3-5-16(19-11-13)21-18(23)24-15-7-9-22(10-8-15)17-6-4-14(2)12-20-17/h3-6,11-12,15H,7-10H2,1-2H3,(H,19,21,23). The van der Waals surface area contributed by atoms with E-state index in [2.05, 4.69) is 26.3 Å². The van der Waals surface area contributed by atoms with Gasteiger partial charge in [0.1, 0.15) is 17.7 Å². The van der Waals surface area contributed by atoms with Gasteiger partial charge in [-0.05, 0) is 37.1 Å². The highest BCUT2D eigenvalue weighted by molar-refractivity contribution is 5.83. The minimum atomic E-state index is -0.446. The van der Waals surface area contributed by atoms with E-state index in [-0.39, 0.29) is 6.10 Å². The van der Waals surface area contributed by atoms with Gasteiger partial charge in [-0.3, -0.25) is 5.32 Å². The van der Waals surface area contributed by atoms with Gasteiger partial charge in [0.2, 0.25) is 0 Å². The first-order chi connectivity index (χ1) is 11.6. The number of rotatable bonds is 3. The average molecular weight is 326 g/mol. The summed E-state index contributed by atoms with van der Waals surface area (Å²) in [7, 11) is 0. The van der Waals surface area contributed by atoms with Crippen LogP contribution in [0.2, 0.25) is 0 Å². The van der Waals surface area contributed by atoms with Gasteiger partial charge < -0.3 is 9.64 Å². The molecule has 0 saturated carbocycles. The summed E-state index contributed by atoms with van der Waals surface area (Å²) < 4.78 is 5.49. The Balaban J connectivity index is 1.47. The summed E-state index contributed by atoms with van der Waals surface area (Å²) in [4.78, 5) is 22.8. The molecule has 2 aromatic heterocycles. The van der Waals surface area contributed by atoms with Crippen molar-refractivity contribution >= 4 is 17.7 Å². The van der Waals surface area contributed by atoms with E-state index >= 15 is 0 Å². The van der Waals surface area contributed by atoms with Crippen LogP contribution in [0.1, 0.15) is 24.0 Å². The quantitative estimate of drug-likeness (QED) is 0.937. The number of nitrogens with one attached hydrogen (secondary N) is 1. The number of aromatic nitrogens is 2. The number of aryl methyl sites for hydroxylation is 2. The van der Waals surface area contributed by atoms with Crippen LogP contribution >= 0.6 is 0 Å². The molecule has 0 aromatic carbocycles. The molecule has 0 bridgehead atoms. The van der Waals surface area contributed by atoms with Crippen molar-refractivity contribution < 1.29 is 9.53 Å². The van der Waals surface area contributed by atoms with Gasteiger partial charge in [-0.2, -0.15) is 0 Å². The van der Waals surface area contributed by atoms with Crippen molar-refractivity contribution in [1.82, 2.24) is 9.97 Å². The van der Waals surface area contributed by atoms with E-state index in [0.717, 1.165) is 42.9 Å². The summed E-state index contributed by atoms with van der Waals surface area (Å²) in [5.41, 5.74) is 2.20. The third-order valence-electron chi connectivity index (χ3n) is 4.08. The molecule has 24 heavy (non-hydrogen) atoms. The molecule has 0 spiro atoms. The smallest absolute Gasteiger partial charge is 0.413 e. The number of carbonyl (C=O) groups excluding carboxylic acids is 1. The second-order valence-corrected chi connectivity index (χ2v) is 6.13. The van der Waals surface area contributed by atoms with Crippen LogP contribution in [0.4, 0.5) is 16.4 Å². The fraction of sp³-hybridized carbons (Fsp3) is 0.389. The van der Waals surface area contributed by atoms with Crippen molar-refractivity contribution in [3.8, 4) is 0 Å². The Hall–Kier alpha value is -2.63. The third-order valence-corrected chi connectivity index (χ3v) is 4.08. The number of pyridine rings is 2. The molecule has 3 rings (SSSR count). The Bertz CT molecular complexity index is 677. The van der Waals surface area contributed by atoms with Gasteiger partial charge in [-0.25, -0.2) is 14.8 Å². The first-order valence-corrected chi connectivity index (χ1v) is 8.18. The fourth-order valence-corrected chi connectivity index (χ4v) is 2.68. The van der Waals surface area contributed by atoms with Crippen molar-refractivity contribution in [2.45, 2.75) is 32.8 Å². The number of carbonyl (C=O) groups is 1. The number of amides is 1. The number of piperidine rings is 1. The molecular formula is C18H22N4O2. The molecule has 0 atom stereocenters. The predicted octanol–water partition coefficient (Wildman–Crippen LogP) is 3.31. The number of hydrogen-bond donors (Lipinski definition) is 1. The zero-order chi connectivity index (χ0) is 16.9. The lowest BCUT2D eigenvalue weighted by Crippen LogP contribution is -2.38. The highest BCUT2D eigenvalue weighted by Crippen LogP contribution is 2.20. The zero-order valence-corrected chi connectivity index (χ0v) is 14.0. The van der Waals surface area contributed by atoms with Crippen LogP contribution in [0.3, 0.4) is 0 Å². The Labute approximate surface area is 141 Å². The van der Waals surface area contributed by atoms with E-state index in [1.54, 1.807) is 12.3 Å². The molecule has 1 aliphatic heterocycles. The number of nitrogens with zero attached hydrogens (tertiary/aromatic N) is 3. The summed E-state index contributed by atoms with van der Waals surface area (Å²) in [5, 5.41) is 2.67. The van der Waals surface area contributed by atoms with Crippen LogP contribution in [0.15, 0.2) is 36.7 Å². The molecule has 126 valence electrons. The van der Waals surface area contributed by atoms with Gasteiger partial charge in [-0.1, -0.05) is 12.1 Å². The third kappa shape index (κ3) is 4.22. The Kier molecular flexibility index (Phi) is 4.93. The van der Waals surface area contributed by atoms with Crippen molar-refractivity contribution in [2.75, 3.05) is 23.3 Å². The van der Waals surface area contributed by atoms with E-state index in [1.165, 1.54) is 0 Å². The first kappa shape index (κ1) is 16.2. The fourth-order valence-electron chi connectivity index (χ4n) is 2.68. The summed E-state index contributed by atoms with van der Waals surface area (Å²) in [5.74, 6) is 1.49. The Morgan fingerprint density at radius 3 is 2.33 bits per heavy atom. The van der Waals surface area contributed by atoms with Crippen molar-refractivity contribution in [2.24, 2.45) is 0 Å². The molecule has 0 aliphatic carbocycles. The molecule has 1 fully saturated rings. The van der Waals surface area contributed by atoms with Gasteiger partial charge in [0.05, 0.1) is 0 Å². The van der Waals surface area contributed by atoms with Crippen LogP contribution in [0.25, 0.3) is 0 Å². The molecule has 6 nitrogen and oxygen atoms in total. The molecule has 1 N–H and O–H groups in total. The molecule has 1 aliphatic rings. The second kappa shape index (κ2) is 7.29. The van der Waals surface area contributed by atoms with E-state index in [9.17, 15) is 4.79 Å². The van der Waals surface area contributed by atoms with E-state index in [4.69, 9.17) is 4.74 Å². The molecular weight excluding hydrogens is 304 g/mol. The Morgan fingerprint density at radius 2 is 1.75 bits per heavy atom. The normalized spacial score (nSPS) is 15.2. The number of anilines is 2. The molecule has 3 heterocycles. The SMILES string of the molecule is Cc1ccc(NC(=O)OC2CCN(c3ccc(C)cn3)CC2)nc1. The second-order valence-electron chi connectivity index (χ2n) is 6.13. The van der Waals surface area contributed by atoms with Gasteiger partial charge in [0, 0.05) is 38.3 Å². The van der Waals surface area contributed by atoms with Crippen LogP contribution < -0.4 is 10.2 Å². The maximum absolute atomic E-state index is 12.0. The maximum atomic E-state index is 12.0. The molecule has 6 heteroatoms. The average Bonchev–Trinajstić information content (AvgIpc) is 2.58. The van der Waals surface area contributed by atoms with Gasteiger partial charge >= 0.3 is 6.09 Å². The van der Waals surface area contributed by atoms with Crippen LogP contribution in [-0.4, -0.2) is 35.3 Å². The predicted molar refractivity (Wildman–Crippen MR) is 93.3 cm³/mol. The van der Waals surface area contributed by atoms with Gasteiger partial charge in [0.25, 0.3) is 0 Å². The lowest BCUT2D eigenvalue weighted by Gasteiger charge is -2.32. The van der Waals surface area contributed by atoms with Crippen LogP contribution in [0.5, 0.6) is 0 Å². The van der Waals surface area contributed by atoms with E-state index in [1.807, 2.05) is 32.2 Å². The van der Waals surface area contributed by atoms with E-state index in [0.29, 0.717) is 5.82 Å². The van der Waals surface area contributed by atoms with Gasteiger partial charge in [0.15, 0.2) is 0 Å². The van der Waals surface area contributed by atoms with Crippen molar-refractivity contribution in [1.29, 1.82) is 0 Å². The first-order valence-electron chi connectivity index (χ1n) is 8.18. The van der Waals surface area contributed by atoms with Gasteiger partial charge in [-0.15, -0.1) is 0 Å². The zero-order valence-electron chi connectivity index (χ0n) is 14.0. The van der Waals surface area contributed by atoms with Crippen LogP contribution in [-0.2, 0) is 4.74 Å². The highest BCUT2D eigenvalue weighted by Gasteiger charge is 2.23. The highest BCUT2D eigenvalue weighted by atomic mass is 16.6. The lowest BCUT2D eigenvalue weighted by atomic mass is 10.1. The lowest BCUT2D eigenvalue weighted by molar-refractivity contribution is 0.0949. The van der Waals surface area contributed by atoms with E-state index < -0.39 is 6.09 Å². The molecule has 1 saturated heterocycles. The summed E-state index contributed by atoms with van der Waals surface area (Å²) in [6.07, 6.45) is 4.66. The minimum absolute atomic E-state index is 0.0721. The Morgan fingerprint density at radius 1 is 1.08 bits per heavy atom. The number of hydrogen-bond acceptors (Lipinski definition) is 5. The largest absolute Gasteiger partial charge is 0.446 e. The number of ether oxygens (including phenoxy) is 1. The van der Waals surface area contributed by atoms with Crippen LogP contribution in [0, 0.1) is 13.8 Å². The maximum Gasteiger partial charge on any atom is 0.413 e.